The zero-order valence-corrected chi connectivity index (χ0v) is 16.2. The quantitative estimate of drug-likeness (QED) is 0.640. The molecule has 2 N–H and O–H groups in total. The van der Waals surface area contributed by atoms with Gasteiger partial charge < -0.3 is 14.6 Å². The Morgan fingerprint density at radius 3 is 2.28 bits per heavy atom. The first kappa shape index (κ1) is 19.0. The lowest BCUT2D eigenvalue weighted by molar-refractivity contribution is 0.158. The van der Waals surface area contributed by atoms with Crippen LogP contribution in [0.3, 0.4) is 0 Å². The van der Waals surface area contributed by atoms with Crippen molar-refractivity contribution in [1.29, 1.82) is 0 Å². The second kappa shape index (κ2) is 8.37. The zero-order chi connectivity index (χ0) is 20.2. The van der Waals surface area contributed by atoms with Crippen molar-refractivity contribution in [3.05, 3.63) is 83.4 Å². The number of aliphatic hydroxyl groups is 1. The minimum Gasteiger partial charge on any atom is -0.491 e. The van der Waals surface area contributed by atoms with Crippen molar-refractivity contribution in [2.75, 3.05) is 25.1 Å². The van der Waals surface area contributed by atoms with E-state index in [1.165, 1.54) is 22.3 Å². The summed E-state index contributed by atoms with van der Waals surface area (Å²) in [7, 11) is 0. The second-order valence-electron chi connectivity index (χ2n) is 7.00. The molecule has 0 bridgehead atoms. The molecule has 4 rings (SSSR count). The third-order valence-electron chi connectivity index (χ3n) is 5.14. The Bertz CT molecular complexity index is 985. The molecule has 5 nitrogen and oxygen atoms in total. The van der Waals surface area contributed by atoms with E-state index in [1.54, 1.807) is 12.1 Å². The topological polar surface area (TPSA) is 67.8 Å². The van der Waals surface area contributed by atoms with Crippen molar-refractivity contribution in [1.82, 2.24) is 0 Å². The van der Waals surface area contributed by atoms with E-state index < -0.39 is 6.09 Å². The third-order valence-corrected chi connectivity index (χ3v) is 5.14. The first-order chi connectivity index (χ1) is 14.2. The number of amides is 1. The molecule has 0 heterocycles. The molecule has 0 aliphatic heterocycles. The van der Waals surface area contributed by atoms with E-state index >= 15 is 0 Å². The monoisotopic (exact) mass is 389 g/mol. The van der Waals surface area contributed by atoms with E-state index in [9.17, 15) is 4.79 Å². The predicted molar refractivity (Wildman–Crippen MR) is 112 cm³/mol. The number of benzene rings is 3. The molecule has 1 aliphatic carbocycles. The molecule has 0 aromatic heterocycles. The van der Waals surface area contributed by atoms with Crippen LogP contribution in [-0.2, 0) is 4.74 Å². The van der Waals surface area contributed by atoms with E-state index in [4.69, 9.17) is 14.6 Å². The van der Waals surface area contributed by atoms with Crippen molar-refractivity contribution in [2.24, 2.45) is 0 Å². The largest absolute Gasteiger partial charge is 0.491 e. The summed E-state index contributed by atoms with van der Waals surface area (Å²) in [6, 6.07) is 21.8. The normalized spacial score (nSPS) is 12.2. The van der Waals surface area contributed by atoms with Gasteiger partial charge in [-0.15, -0.1) is 0 Å². The molecular weight excluding hydrogens is 366 g/mol. The van der Waals surface area contributed by atoms with E-state index in [2.05, 4.69) is 29.6 Å². The zero-order valence-electron chi connectivity index (χ0n) is 16.2. The first-order valence-corrected chi connectivity index (χ1v) is 9.63. The molecule has 0 saturated carbocycles. The summed E-state index contributed by atoms with van der Waals surface area (Å²) in [6.07, 6.45) is -0.487. The minimum atomic E-state index is -0.487. The molecule has 1 aliphatic rings. The molecule has 29 heavy (non-hydrogen) atoms. The highest BCUT2D eigenvalue weighted by Crippen LogP contribution is 2.44. The van der Waals surface area contributed by atoms with Crippen LogP contribution < -0.4 is 10.1 Å². The molecule has 5 heteroatoms. The predicted octanol–water partition coefficient (Wildman–Crippen LogP) is 4.73. The van der Waals surface area contributed by atoms with Gasteiger partial charge in [-0.3, -0.25) is 5.32 Å². The van der Waals surface area contributed by atoms with Crippen molar-refractivity contribution < 1.29 is 19.4 Å². The van der Waals surface area contributed by atoms with Gasteiger partial charge in [0, 0.05) is 11.6 Å². The van der Waals surface area contributed by atoms with Crippen LogP contribution in [0, 0.1) is 6.92 Å². The van der Waals surface area contributed by atoms with Crippen LogP contribution in [0.5, 0.6) is 5.75 Å². The van der Waals surface area contributed by atoms with Crippen LogP contribution in [0.15, 0.2) is 66.7 Å². The van der Waals surface area contributed by atoms with E-state index in [-0.39, 0.29) is 25.7 Å². The summed E-state index contributed by atoms with van der Waals surface area (Å²) in [5.74, 6) is 0.679. The molecule has 0 spiro atoms. The fraction of sp³-hybridized carbons (Fsp3) is 0.208. The molecule has 0 radical (unpaired) electrons. The van der Waals surface area contributed by atoms with Gasteiger partial charge in [-0.1, -0.05) is 48.5 Å². The lowest BCUT2D eigenvalue weighted by atomic mass is 9.98. The SMILES string of the molecule is Cc1cc(OCCO)ccc1NC(=O)OCC1c2ccccc2-c2ccccc21. The Morgan fingerprint density at radius 2 is 1.66 bits per heavy atom. The fourth-order valence-electron chi connectivity index (χ4n) is 3.77. The van der Waals surface area contributed by atoms with Gasteiger partial charge in [-0.05, 0) is 52.9 Å². The number of aliphatic hydroxyl groups excluding tert-OH is 1. The fourth-order valence-corrected chi connectivity index (χ4v) is 3.77. The number of aryl methyl sites for hydroxylation is 1. The van der Waals surface area contributed by atoms with Gasteiger partial charge >= 0.3 is 6.09 Å². The lowest BCUT2D eigenvalue weighted by Crippen LogP contribution is -2.18. The summed E-state index contributed by atoms with van der Waals surface area (Å²) >= 11 is 0. The maximum atomic E-state index is 12.4. The molecule has 0 fully saturated rings. The Hall–Kier alpha value is -3.31. The maximum Gasteiger partial charge on any atom is 0.411 e. The van der Waals surface area contributed by atoms with Crippen LogP contribution >= 0.6 is 0 Å². The second-order valence-corrected chi connectivity index (χ2v) is 7.00. The number of hydrogen-bond donors (Lipinski definition) is 2. The van der Waals surface area contributed by atoms with E-state index in [1.807, 2.05) is 37.3 Å². The Labute approximate surface area is 169 Å². The van der Waals surface area contributed by atoms with Gasteiger partial charge in [0.15, 0.2) is 0 Å². The standard InChI is InChI=1S/C24H23NO4/c1-16-14-17(28-13-12-26)10-11-23(16)25-24(27)29-15-22-20-8-4-2-6-18(20)19-7-3-5-9-21(19)22/h2-11,14,22,26H,12-13,15H2,1H3,(H,25,27). The summed E-state index contributed by atoms with van der Waals surface area (Å²) in [5.41, 5.74) is 6.29. The van der Waals surface area contributed by atoms with Crippen molar-refractivity contribution in [3.8, 4) is 16.9 Å². The molecule has 1 amide bonds. The maximum absolute atomic E-state index is 12.4. The van der Waals surface area contributed by atoms with Crippen molar-refractivity contribution in [2.45, 2.75) is 12.8 Å². The smallest absolute Gasteiger partial charge is 0.411 e. The van der Waals surface area contributed by atoms with Gasteiger partial charge in [0.2, 0.25) is 0 Å². The summed E-state index contributed by atoms with van der Waals surface area (Å²) < 4.78 is 11.0. The molecule has 3 aromatic carbocycles. The average molecular weight is 389 g/mol. The van der Waals surface area contributed by atoms with Crippen LogP contribution in [-0.4, -0.2) is 31.0 Å². The number of carbonyl (C=O) groups is 1. The lowest BCUT2D eigenvalue weighted by Gasteiger charge is -2.15. The third kappa shape index (κ3) is 3.96. The number of anilines is 1. The van der Waals surface area contributed by atoms with E-state index in [0.717, 1.165) is 5.56 Å². The van der Waals surface area contributed by atoms with E-state index in [0.29, 0.717) is 11.4 Å². The van der Waals surface area contributed by atoms with Crippen LogP contribution in [0.4, 0.5) is 10.5 Å². The molecular formula is C24H23NO4. The highest BCUT2D eigenvalue weighted by molar-refractivity contribution is 5.86. The van der Waals surface area contributed by atoms with Crippen molar-refractivity contribution >= 4 is 11.8 Å². The number of ether oxygens (including phenoxy) is 2. The number of carbonyl (C=O) groups excluding carboxylic acids is 1. The number of nitrogens with one attached hydrogen (secondary N) is 1. The number of hydrogen-bond acceptors (Lipinski definition) is 4. The molecule has 3 aromatic rings. The summed E-state index contributed by atoms with van der Waals surface area (Å²) in [4.78, 5) is 12.4. The molecule has 0 unspecified atom stereocenters. The Morgan fingerprint density at radius 1 is 1.00 bits per heavy atom. The van der Waals surface area contributed by atoms with Gasteiger partial charge in [-0.25, -0.2) is 4.79 Å². The van der Waals surface area contributed by atoms with Gasteiger partial charge in [-0.2, -0.15) is 0 Å². The highest BCUT2D eigenvalue weighted by atomic mass is 16.5. The van der Waals surface area contributed by atoms with Crippen LogP contribution in [0.25, 0.3) is 11.1 Å². The summed E-state index contributed by atoms with van der Waals surface area (Å²) in [5, 5.41) is 11.6. The summed E-state index contributed by atoms with van der Waals surface area (Å²) in [6.45, 7) is 2.35. The minimum absolute atomic E-state index is 0.0310. The first-order valence-electron chi connectivity index (χ1n) is 9.63. The highest BCUT2D eigenvalue weighted by Gasteiger charge is 2.29. The van der Waals surface area contributed by atoms with Gasteiger partial charge in [0.25, 0.3) is 0 Å². The average Bonchev–Trinajstić information content (AvgIpc) is 3.06. The molecule has 148 valence electrons. The Balaban J connectivity index is 1.43. The van der Waals surface area contributed by atoms with Gasteiger partial charge in [0.1, 0.15) is 19.0 Å². The number of fused-ring (bicyclic) bond motifs is 3. The molecule has 0 saturated heterocycles. The van der Waals surface area contributed by atoms with Crippen molar-refractivity contribution in [3.63, 3.8) is 0 Å². The van der Waals surface area contributed by atoms with Gasteiger partial charge in [0.05, 0.1) is 6.61 Å². The number of rotatable bonds is 6. The molecule has 0 atom stereocenters. The van der Waals surface area contributed by atoms with Crippen LogP contribution in [0.2, 0.25) is 0 Å². The van der Waals surface area contributed by atoms with Crippen LogP contribution in [0.1, 0.15) is 22.6 Å². The Kier molecular flexibility index (Phi) is 5.49.